The third-order valence-electron chi connectivity index (χ3n) is 3.44. The summed E-state index contributed by atoms with van der Waals surface area (Å²) in [6.45, 7) is 4.15. The zero-order valence-corrected chi connectivity index (χ0v) is 13.4. The first-order chi connectivity index (χ1) is 10.3. The molecule has 5 nitrogen and oxygen atoms in total. The van der Waals surface area contributed by atoms with Crippen molar-refractivity contribution in [3.8, 4) is 11.8 Å². The highest BCUT2D eigenvalue weighted by molar-refractivity contribution is 7.14. The predicted molar refractivity (Wildman–Crippen MR) is 83.8 cm³/mol. The van der Waals surface area contributed by atoms with E-state index >= 15 is 0 Å². The summed E-state index contributed by atoms with van der Waals surface area (Å²) >= 11 is 1.29. The van der Waals surface area contributed by atoms with E-state index in [1.165, 1.54) is 11.3 Å². The van der Waals surface area contributed by atoms with Gasteiger partial charge in [-0.25, -0.2) is 0 Å². The number of carbonyl (C=O) groups excluding carboxylic acids is 1. The van der Waals surface area contributed by atoms with Crippen LogP contribution >= 0.6 is 11.3 Å². The molecule has 0 aliphatic carbocycles. The molecule has 1 fully saturated rings. The lowest BCUT2D eigenvalue weighted by Crippen LogP contribution is -2.39. The lowest BCUT2D eigenvalue weighted by Gasteiger charge is -2.29. The molecule has 1 saturated heterocycles. The Balaban J connectivity index is 2.01. The molecule has 118 valence electrons. The molecular formula is C16H19NO4S. The summed E-state index contributed by atoms with van der Waals surface area (Å²) in [4.78, 5) is 26.3. The van der Waals surface area contributed by atoms with Gasteiger partial charge in [0.05, 0.1) is 15.7 Å². The van der Waals surface area contributed by atoms with Crippen LogP contribution in [0.3, 0.4) is 0 Å². The minimum atomic E-state index is -1.06. The average molecular weight is 321 g/mol. The maximum absolute atomic E-state index is 12.4. The number of hydrogen-bond acceptors (Lipinski definition) is 4. The Morgan fingerprint density at radius 1 is 1.32 bits per heavy atom. The van der Waals surface area contributed by atoms with Crippen molar-refractivity contribution in [2.75, 3.05) is 13.1 Å². The molecule has 2 rings (SSSR count). The van der Waals surface area contributed by atoms with Gasteiger partial charge in [-0.2, -0.15) is 0 Å². The van der Waals surface area contributed by atoms with Gasteiger partial charge in [0.15, 0.2) is 0 Å². The van der Waals surface area contributed by atoms with E-state index in [9.17, 15) is 14.7 Å². The molecule has 1 aliphatic rings. The molecule has 0 atom stereocenters. The Bertz CT molecular complexity index is 625. The van der Waals surface area contributed by atoms with Gasteiger partial charge in [-0.3, -0.25) is 9.59 Å². The van der Waals surface area contributed by atoms with Crippen LogP contribution in [-0.4, -0.2) is 45.7 Å². The van der Waals surface area contributed by atoms with Crippen molar-refractivity contribution in [1.29, 1.82) is 0 Å². The summed E-state index contributed by atoms with van der Waals surface area (Å²) in [6.07, 6.45) is 0.996. The second-order valence-electron chi connectivity index (χ2n) is 5.88. The Morgan fingerprint density at radius 3 is 2.50 bits per heavy atom. The topological polar surface area (TPSA) is 77.8 Å². The minimum absolute atomic E-state index is 0.0786. The van der Waals surface area contributed by atoms with Crippen LogP contribution in [0.25, 0.3) is 0 Å². The normalized spacial score (nSPS) is 16.0. The fourth-order valence-corrected chi connectivity index (χ4v) is 3.05. The quantitative estimate of drug-likeness (QED) is 0.814. The molecule has 6 heteroatoms. The van der Waals surface area contributed by atoms with Crippen molar-refractivity contribution in [2.24, 2.45) is 5.92 Å². The largest absolute Gasteiger partial charge is 0.481 e. The first kappa shape index (κ1) is 16.5. The van der Waals surface area contributed by atoms with Crippen molar-refractivity contribution in [3.63, 3.8) is 0 Å². The Kier molecular flexibility index (Phi) is 4.89. The van der Waals surface area contributed by atoms with Crippen molar-refractivity contribution in [1.82, 2.24) is 4.90 Å². The summed E-state index contributed by atoms with van der Waals surface area (Å²) in [6, 6.07) is 3.49. The molecule has 0 spiro atoms. The van der Waals surface area contributed by atoms with E-state index in [1.807, 2.05) is 0 Å². The van der Waals surface area contributed by atoms with E-state index in [1.54, 1.807) is 30.9 Å². The standard InChI is InChI=1S/C16H19NO4S/c1-16(2,21)8-5-12-3-4-13(22-12)14(18)17-9-6-11(7-10-17)15(19)20/h3-4,11,21H,6-7,9-10H2,1-2H3,(H,19,20). The van der Waals surface area contributed by atoms with Crippen molar-refractivity contribution < 1.29 is 19.8 Å². The van der Waals surface area contributed by atoms with Gasteiger partial charge in [-0.15, -0.1) is 11.3 Å². The number of rotatable bonds is 2. The number of likely N-dealkylation sites (tertiary alicyclic amines) is 1. The molecule has 1 aliphatic heterocycles. The molecule has 0 saturated carbocycles. The predicted octanol–water partition coefficient (Wildman–Crippen LogP) is 1.81. The molecule has 0 radical (unpaired) electrons. The van der Waals surface area contributed by atoms with Gasteiger partial charge in [-0.1, -0.05) is 11.8 Å². The number of carboxylic acid groups (broad SMARTS) is 1. The lowest BCUT2D eigenvalue weighted by atomic mass is 9.97. The summed E-state index contributed by atoms with van der Waals surface area (Å²) in [7, 11) is 0. The van der Waals surface area contributed by atoms with E-state index in [4.69, 9.17) is 5.11 Å². The van der Waals surface area contributed by atoms with E-state index < -0.39 is 11.6 Å². The monoisotopic (exact) mass is 321 g/mol. The molecular weight excluding hydrogens is 302 g/mol. The third kappa shape index (κ3) is 4.33. The maximum Gasteiger partial charge on any atom is 0.306 e. The zero-order valence-electron chi connectivity index (χ0n) is 12.6. The van der Waals surface area contributed by atoms with Gasteiger partial charge in [0, 0.05) is 13.1 Å². The Hall–Kier alpha value is -1.84. The molecule has 1 aromatic heterocycles. The number of carbonyl (C=O) groups is 2. The number of carboxylic acids is 1. The molecule has 2 N–H and O–H groups in total. The van der Waals surface area contributed by atoms with Gasteiger partial charge in [-0.05, 0) is 38.8 Å². The van der Waals surface area contributed by atoms with Crippen LogP contribution in [0.2, 0.25) is 0 Å². The van der Waals surface area contributed by atoms with E-state index in [0.29, 0.717) is 30.8 Å². The Labute approximate surface area is 133 Å². The van der Waals surface area contributed by atoms with Crippen LogP contribution < -0.4 is 0 Å². The van der Waals surface area contributed by atoms with Crippen LogP contribution in [0.5, 0.6) is 0 Å². The minimum Gasteiger partial charge on any atom is -0.481 e. The molecule has 2 heterocycles. The first-order valence-electron chi connectivity index (χ1n) is 7.14. The maximum atomic E-state index is 12.4. The number of piperidine rings is 1. The number of amides is 1. The molecule has 1 amide bonds. The van der Waals surface area contributed by atoms with Gasteiger partial charge in [0.1, 0.15) is 5.60 Å². The molecule has 0 bridgehead atoms. The summed E-state index contributed by atoms with van der Waals surface area (Å²) in [5.74, 6) is 4.36. The first-order valence-corrected chi connectivity index (χ1v) is 7.95. The van der Waals surface area contributed by atoms with Crippen LogP contribution in [0.4, 0.5) is 0 Å². The summed E-state index contributed by atoms with van der Waals surface area (Å²) < 4.78 is 0. The molecule has 1 aromatic rings. The van der Waals surface area contributed by atoms with E-state index in [-0.39, 0.29) is 11.8 Å². The third-order valence-corrected chi connectivity index (χ3v) is 4.43. The Morgan fingerprint density at radius 2 is 1.95 bits per heavy atom. The SMILES string of the molecule is CC(C)(O)C#Cc1ccc(C(=O)N2CCC(C(=O)O)CC2)s1. The van der Waals surface area contributed by atoms with Gasteiger partial charge in [0.2, 0.25) is 0 Å². The van der Waals surface area contributed by atoms with Crippen molar-refractivity contribution >= 4 is 23.2 Å². The molecule has 0 unspecified atom stereocenters. The second-order valence-corrected chi connectivity index (χ2v) is 6.96. The summed E-state index contributed by atoms with van der Waals surface area (Å²) in [5.41, 5.74) is -1.06. The molecule has 22 heavy (non-hydrogen) atoms. The fraction of sp³-hybridized carbons (Fsp3) is 0.500. The van der Waals surface area contributed by atoms with Gasteiger partial charge >= 0.3 is 5.97 Å². The number of thiophene rings is 1. The van der Waals surface area contributed by atoms with E-state index in [2.05, 4.69) is 11.8 Å². The van der Waals surface area contributed by atoms with Gasteiger partial charge in [0.25, 0.3) is 5.91 Å². The summed E-state index contributed by atoms with van der Waals surface area (Å²) in [5, 5.41) is 18.5. The number of aliphatic hydroxyl groups is 1. The van der Waals surface area contributed by atoms with Crippen molar-refractivity contribution in [2.45, 2.75) is 32.3 Å². The average Bonchev–Trinajstić information content (AvgIpc) is 2.92. The molecule has 0 aromatic carbocycles. The highest BCUT2D eigenvalue weighted by Crippen LogP contribution is 2.22. The van der Waals surface area contributed by atoms with Gasteiger partial charge < -0.3 is 15.1 Å². The number of nitrogens with zero attached hydrogens (tertiary/aromatic N) is 1. The van der Waals surface area contributed by atoms with Crippen LogP contribution in [0.1, 0.15) is 41.2 Å². The number of aliphatic carboxylic acids is 1. The number of hydrogen-bond donors (Lipinski definition) is 2. The second kappa shape index (κ2) is 6.51. The van der Waals surface area contributed by atoms with Crippen LogP contribution in [0.15, 0.2) is 12.1 Å². The van der Waals surface area contributed by atoms with Crippen LogP contribution in [0, 0.1) is 17.8 Å². The van der Waals surface area contributed by atoms with E-state index in [0.717, 1.165) is 4.88 Å². The highest BCUT2D eigenvalue weighted by Gasteiger charge is 2.27. The fourth-order valence-electron chi connectivity index (χ4n) is 2.22. The van der Waals surface area contributed by atoms with Crippen LogP contribution in [-0.2, 0) is 4.79 Å². The lowest BCUT2D eigenvalue weighted by molar-refractivity contribution is -0.143. The highest BCUT2D eigenvalue weighted by atomic mass is 32.1. The van der Waals surface area contributed by atoms with Crippen molar-refractivity contribution in [3.05, 3.63) is 21.9 Å². The zero-order chi connectivity index (χ0) is 16.3. The smallest absolute Gasteiger partial charge is 0.306 e.